The molecule has 5 nitrogen and oxygen atoms in total. The molecule has 0 aliphatic heterocycles. The fourth-order valence-electron chi connectivity index (χ4n) is 1.92. The minimum Gasteiger partial charge on any atom is -0.462 e. The van der Waals surface area contributed by atoms with Crippen molar-refractivity contribution in [3.8, 4) is 0 Å². The van der Waals surface area contributed by atoms with E-state index in [4.69, 9.17) is 17.4 Å². The maximum Gasteiger partial charge on any atom is 0.333 e. The third-order valence-corrected chi connectivity index (χ3v) is 14.8. The molecule has 0 radical (unpaired) electrons. The maximum absolute atomic E-state index is 11.2. The molecular formula is C14H34O5Si4. The topological polar surface area (TPSA) is 54.0 Å². The van der Waals surface area contributed by atoms with E-state index in [1.807, 2.05) is 0 Å². The molecule has 23 heavy (non-hydrogen) atoms. The lowest BCUT2D eigenvalue weighted by Gasteiger charge is -2.25. The number of rotatable bonds is 13. The first-order valence-corrected chi connectivity index (χ1v) is 17.6. The Bertz CT molecular complexity index is 363. The predicted molar refractivity (Wildman–Crippen MR) is 106 cm³/mol. The molecule has 0 saturated carbocycles. The van der Waals surface area contributed by atoms with Gasteiger partial charge in [0.05, 0.1) is 6.61 Å². The monoisotopic (exact) mass is 394 g/mol. The van der Waals surface area contributed by atoms with Crippen LogP contribution < -0.4 is 0 Å². The largest absolute Gasteiger partial charge is 0.462 e. The predicted octanol–water partition coefficient (Wildman–Crippen LogP) is 2.09. The van der Waals surface area contributed by atoms with Crippen molar-refractivity contribution in [3.05, 3.63) is 12.2 Å². The molecule has 0 aliphatic rings. The standard InChI is InChI=1S/C14H34O5Si4/c1-13(2)14(15)17-9-8-10-20-18-23(6,7)12-11-22(16-3)19-21(4)5/h21-22H,1,8-12,20H2,2-7H3. The van der Waals surface area contributed by atoms with E-state index in [1.54, 1.807) is 14.0 Å². The SMILES string of the molecule is C=C(C)C(=O)OCCC[SiH2]O[Si](C)(C)CC[SiH](OC)O[SiH](C)C. The van der Waals surface area contributed by atoms with Crippen LogP contribution in [0.3, 0.4) is 0 Å². The molecule has 0 aromatic carbocycles. The number of carbonyl (C=O) groups excluding carboxylic acids is 1. The van der Waals surface area contributed by atoms with Crippen LogP contribution >= 0.6 is 0 Å². The van der Waals surface area contributed by atoms with Gasteiger partial charge in [0.2, 0.25) is 0 Å². The van der Waals surface area contributed by atoms with Gasteiger partial charge in [0.25, 0.3) is 0 Å². The van der Waals surface area contributed by atoms with Crippen LogP contribution in [0.25, 0.3) is 0 Å². The highest BCUT2D eigenvalue weighted by Crippen LogP contribution is 2.17. The Morgan fingerprint density at radius 3 is 2.48 bits per heavy atom. The second kappa shape index (κ2) is 12.3. The third kappa shape index (κ3) is 13.0. The van der Waals surface area contributed by atoms with Gasteiger partial charge >= 0.3 is 15.3 Å². The quantitative estimate of drug-likeness (QED) is 0.207. The molecule has 0 saturated heterocycles. The van der Waals surface area contributed by atoms with Crippen LogP contribution in [0.5, 0.6) is 0 Å². The minimum atomic E-state index is -1.60. The van der Waals surface area contributed by atoms with Crippen LogP contribution in [-0.2, 0) is 22.2 Å². The molecule has 0 bridgehead atoms. The fourth-order valence-corrected chi connectivity index (χ4v) is 13.1. The van der Waals surface area contributed by atoms with E-state index in [-0.39, 0.29) is 5.97 Å². The van der Waals surface area contributed by atoms with Crippen LogP contribution in [0, 0.1) is 0 Å². The van der Waals surface area contributed by atoms with E-state index >= 15 is 0 Å². The summed E-state index contributed by atoms with van der Waals surface area (Å²) in [5.41, 5.74) is 0.454. The van der Waals surface area contributed by atoms with Crippen LogP contribution in [0.4, 0.5) is 0 Å². The van der Waals surface area contributed by atoms with Crippen molar-refractivity contribution in [2.75, 3.05) is 13.7 Å². The molecular weight excluding hydrogens is 360 g/mol. The summed E-state index contributed by atoms with van der Waals surface area (Å²) in [6, 6.07) is 3.20. The summed E-state index contributed by atoms with van der Waals surface area (Å²) in [4.78, 5) is 11.2. The van der Waals surface area contributed by atoms with Gasteiger partial charge in [-0.25, -0.2) is 4.79 Å². The number of esters is 1. The summed E-state index contributed by atoms with van der Waals surface area (Å²) in [6.45, 7) is 14.6. The summed E-state index contributed by atoms with van der Waals surface area (Å²) >= 11 is 0. The Kier molecular flexibility index (Phi) is 12.3. The van der Waals surface area contributed by atoms with Gasteiger partial charge in [0.1, 0.15) is 9.76 Å². The maximum atomic E-state index is 11.2. The highest BCUT2D eigenvalue weighted by molar-refractivity contribution is 6.76. The van der Waals surface area contributed by atoms with Crippen LogP contribution in [-0.4, -0.2) is 56.1 Å². The molecule has 0 aromatic heterocycles. The lowest BCUT2D eigenvalue weighted by atomic mass is 10.4. The van der Waals surface area contributed by atoms with Crippen molar-refractivity contribution >= 4 is 42.4 Å². The lowest BCUT2D eigenvalue weighted by Crippen LogP contribution is -2.35. The van der Waals surface area contributed by atoms with E-state index in [0.29, 0.717) is 12.2 Å². The van der Waals surface area contributed by atoms with Crippen molar-refractivity contribution in [2.45, 2.75) is 57.7 Å². The zero-order chi connectivity index (χ0) is 17.9. The normalized spacial score (nSPS) is 13.7. The molecule has 0 fully saturated rings. The van der Waals surface area contributed by atoms with Crippen molar-refractivity contribution in [1.29, 1.82) is 0 Å². The lowest BCUT2D eigenvalue weighted by molar-refractivity contribution is -0.138. The Labute approximate surface area is 148 Å². The van der Waals surface area contributed by atoms with Gasteiger partial charge in [-0.1, -0.05) is 6.58 Å². The van der Waals surface area contributed by atoms with E-state index < -0.39 is 36.4 Å². The zero-order valence-corrected chi connectivity index (χ0v) is 20.4. The second-order valence-corrected chi connectivity index (χ2v) is 18.0. The number of ether oxygens (including phenoxy) is 1. The van der Waals surface area contributed by atoms with E-state index in [0.717, 1.165) is 24.6 Å². The molecule has 1 atom stereocenters. The van der Waals surface area contributed by atoms with Crippen molar-refractivity contribution < 1.29 is 22.2 Å². The highest BCUT2D eigenvalue weighted by atomic mass is 28.4. The van der Waals surface area contributed by atoms with Gasteiger partial charge in [0, 0.05) is 12.7 Å². The van der Waals surface area contributed by atoms with Crippen molar-refractivity contribution in [1.82, 2.24) is 0 Å². The molecule has 0 heterocycles. The molecule has 136 valence electrons. The van der Waals surface area contributed by atoms with Crippen LogP contribution in [0.2, 0.25) is 44.3 Å². The van der Waals surface area contributed by atoms with Crippen molar-refractivity contribution in [3.63, 3.8) is 0 Å². The molecule has 0 aliphatic carbocycles. The van der Waals surface area contributed by atoms with Gasteiger partial charge < -0.3 is 17.4 Å². The first kappa shape index (κ1) is 23.0. The Hall–Kier alpha value is -0.0425. The third-order valence-electron chi connectivity index (χ3n) is 3.28. The molecule has 1 unspecified atom stereocenters. The second-order valence-electron chi connectivity index (χ2n) is 6.62. The number of carbonyl (C=O) groups is 1. The summed E-state index contributed by atoms with van der Waals surface area (Å²) in [6.07, 6.45) is 0.882. The average Bonchev–Trinajstić information content (AvgIpc) is 2.46. The zero-order valence-electron chi connectivity index (χ0n) is 15.6. The number of hydrogen-bond acceptors (Lipinski definition) is 5. The Morgan fingerprint density at radius 2 is 1.96 bits per heavy atom. The number of hydrogen-bond donors (Lipinski definition) is 0. The molecule has 0 aromatic rings. The van der Waals surface area contributed by atoms with Crippen LogP contribution in [0.1, 0.15) is 13.3 Å². The van der Waals surface area contributed by atoms with Gasteiger partial charge in [-0.2, -0.15) is 0 Å². The van der Waals surface area contributed by atoms with Gasteiger partial charge in [-0.15, -0.1) is 0 Å². The smallest absolute Gasteiger partial charge is 0.333 e. The molecule has 9 heteroatoms. The highest BCUT2D eigenvalue weighted by Gasteiger charge is 2.25. The molecule has 0 spiro atoms. The van der Waals surface area contributed by atoms with E-state index in [2.05, 4.69) is 32.8 Å². The molecule has 0 amide bonds. The summed E-state index contributed by atoms with van der Waals surface area (Å²) in [5.74, 6) is -0.299. The van der Waals surface area contributed by atoms with Gasteiger partial charge in [-0.05, 0) is 57.7 Å². The molecule has 0 N–H and O–H groups in total. The van der Waals surface area contributed by atoms with Crippen LogP contribution in [0.15, 0.2) is 12.2 Å². The van der Waals surface area contributed by atoms with Gasteiger partial charge in [0.15, 0.2) is 17.4 Å². The van der Waals surface area contributed by atoms with E-state index in [1.165, 1.54) is 0 Å². The first-order chi connectivity index (χ1) is 10.7. The van der Waals surface area contributed by atoms with E-state index in [9.17, 15) is 4.79 Å². The average molecular weight is 395 g/mol. The summed E-state index contributed by atoms with van der Waals surface area (Å²) in [5, 5.41) is 0. The first-order valence-electron chi connectivity index (χ1n) is 8.33. The van der Waals surface area contributed by atoms with Gasteiger partial charge in [-0.3, -0.25) is 0 Å². The summed E-state index contributed by atoms with van der Waals surface area (Å²) < 4.78 is 22.8. The Balaban J connectivity index is 3.82. The molecule has 0 rings (SSSR count). The Morgan fingerprint density at radius 1 is 1.30 bits per heavy atom. The fraction of sp³-hybridized carbons (Fsp3) is 0.786. The van der Waals surface area contributed by atoms with Crippen molar-refractivity contribution in [2.24, 2.45) is 0 Å². The minimum absolute atomic E-state index is 0.299. The summed E-state index contributed by atoms with van der Waals surface area (Å²) in [7, 11) is -2.86.